The van der Waals surface area contributed by atoms with E-state index in [1.54, 1.807) is 0 Å². The van der Waals surface area contributed by atoms with E-state index in [2.05, 4.69) is 88.5 Å². The minimum atomic E-state index is -4.96. The zero-order chi connectivity index (χ0) is 24.0. The van der Waals surface area contributed by atoms with Crippen LogP contribution in [0.2, 0.25) is 0 Å². The van der Waals surface area contributed by atoms with Crippen LogP contribution in [-0.4, -0.2) is 26.5 Å². The van der Waals surface area contributed by atoms with Crippen LogP contribution in [0.3, 0.4) is 0 Å². The number of halogens is 2. The van der Waals surface area contributed by atoms with Crippen molar-refractivity contribution in [2.75, 3.05) is 6.61 Å². The summed E-state index contributed by atoms with van der Waals surface area (Å²) in [6, 6.07) is 25.9. The largest absolute Gasteiger partial charge is 0.458 e. The number of esters is 1. The van der Waals surface area contributed by atoms with Crippen LogP contribution in [0.4, 0.5) is 8.92 Å². The van der Waals surface area contributed by atoms with Crippen molar-refractivity contribution >= 4 is 47.6 Å². The van der Waals surface area contributed by atoms with Crippen molar-refractivity contribution < 1.29 is 31.3 Å². The molecule has 5 nitrogen and oxygen atoms in total. The highest BCUT2D eigenvalue weighted by atomic mass is 32.2. The highest BCUT2D eigenvalue weighted by molar-refractivity contribution is 7.87. The predicted octanol–water partition coefficient (Wildman–Crippen LogP) is 6.35. The Morgan fingerprint density at radius 1 is 1.00 bits per heavy atom. The van der Waals surface area contributed by atoms with Crippen molar-refractivity contribution in [3.63, 3.8) is 0 Å². The topological polar surface area (TPSA) is 69.7 Å². The summed E-state index contributed by atoms with van der Waals surface area (Å²) in [7, 11) is -4.96. The third-order valence-electron chi connectivity index (χ3n) is 4.58. The first-order valence-corrected chi connectivity index (χ1v) is 12.0. The average Bonchev–Trinajstić information content (AvgIpc) is 3.22. The van der Waals surface area contributed by atoms with Crippen LogP contribution in [-0.2, 0) is 24.0 Å². The van der Waals surface area contributed by atoms with Crippen molar-refractivity contribution in [2.24, 2.45) is 0 Å². The number of fused-ring (bicyclic) bond motifs is 3. The molecule has 33 heavy (non-hydrogen) atoms. The average molecular weight is 491 g/mol. The summed E-state index contributed by atoms with van der Waals surface area (Å²) in [5.41, 5.74) is -0.168. The molecule has 3 aromatic carbocycles. The standard InChI is InChI=1S/C18H12S.C6H8F2O5S/c1-2-7-13(8-3-1)14-10-6-12-17-18(14)15-9-4-5-11-16(15)19-17;1-4(2)6(9)12-3-5(7)14(10,11)13-8/h1-12H;5H,1,3H2,2H3. The third-order valence-corrected chi connectivity index (χ3v) is 6.66. The highest BCUT2D eigenvalue weighted by Gasteiger charge is 2.28. The second-order valence-corrected chi connectivity index (χ2v) is 9.69. The molecule has 0 bridgehead atoms. The molecule has 0 spiro atoms. The highest BCUT2D eigenvalue weighted by Crippen LogP contribution is 2.39. The Labute approximate surface area is 193 Å². The number of alkyl halides is 1. The van der Waals surface area contributed by atoms with Crippen molar-refractivity contribution in [1.29, 1.82) is 0 Å². The van der Waals surface area contributed by atoms with Gasteiger partial charge in [0.25, 0.3) is 5.50 Å². The Kier molecular flexibility index (Phi) is 7.91. The van der Waals surface area contributed by atoms with E-state index in [9.17, 15) is 22.1 Å². The van der Waals surface area contributed by atoms with Gasteiger partial charge in [0.1, 0.15) is 6.61 Å². The minimum Gasteiger partial charge on any atom is -0.458 e. The molecule has 1 aromatic heterocycles. The maximum absolute atomic E-state index is 12.5. The zero-order valence-electron chi connectivity index (χ0n) is 17.5. The van der Waals surface area contributed by atoms with Gasteiger partial charge in [-0.25, -0.2) is 9.18 Å². The predicted molar refractivity (Wildman–Crippen MR) is 127 cm³/mol. The summed E-state index contributed by atoms with van der Waals surface area (Å²) in [6.07, 6.45) is 0. The number of rotatable bonds is 6. The Morgan fingerprint density at radius 2 is 1.64 bits per heavy atom. The van der Waals surface area contributed by atoms with Gasteiger partial charge in [-0.2, -0.15) is 8.42 Å². The molecule has 4 rings (SSSR count). The van der Waals surface area contributed by atoms with Crippen LogP contribution in [0, 0.1) is 0 Å². The van der Waals surface area contributed by atoms with Crippen molar-refractivity contribution in [1.82, 2.24) is 0 Å². The maximum atomic E-state index is 12.5. The first-order valence-electron chi connectivity index (χ1n) is 9.71. The van der Waals surface area contributed by atoms with E-state index in [0.29, 0.717) is 0 Å². The smallest absolute Gasteiger partial charge is 0.333 e. The molecular weight excluding hydrogens is 470 g/mol. The molecule has 0 saturated carbocycles. The number of benzene rings is 3. The van der Waals surface area contributed by atoms with E-state index >= 15 is 0 Å². The fraction of sp³-hybridized carbons (Fsp3) is 0.125. The number of hydrogen-bond acceptors (Lipinski definition) is 6. The number of carbonyl (C=O) groups excluding carboxylic acids is 1. The third kappa shape index (κ3) is 5.81. The lowest BCUT2D eigenvalue weighted by atomic mass is 10.00. The molecule has 0 amide bonds. The number of carbonyl (C=O) groups is 1. The summed E-state index contributed by atoms with van der Waals surface area (Å²) >= 11 is 1.87. The summed E-state index contributed by atoms with van der Waals surface area (Å²) in [6.45, 7) is 3.31. The number of ether oxygens (including phenoxy) is 1. The van der Waals surface area contributed by atoms with E-state index in [0.717, 1.165) is 0 Å². The molecule has 1 atom stereocenters. The molecule has 0 aliphatic carbocycles. The van der Waals surface area contributed by atoms with Gasteiger partial charge >= 0.3 is 16.1 Å². The molecule has 0 N–H and O–H groups in total. The van der Waals surface area contributed by atoms with Crippen LogP contribution >= 0.6 is 11.3 Å². The molecule has 0 aliphatic rings. The minimum absolute atomic E-state index is 0.0317. The summed E-state index contributed by atoms with van der Waals surface area (Å²) in [4.78, 5) is 10.6. The van der Waals surface area contributed by atoms with Gasteiger partial charge in [-0.1, -0.05) is 71.6 Å². The monoisotopic (exact) mass is 490 g/mol. The van der Waals surface area contributed by atoms with E-state index in [-0.39, 0.29) is 5.57 Å². The van der Waals surface area contributed by atoms with Crippen molar-refractivity contribution in [2.45, 2.75) is 12.4 Å². The molecular formula is C24H20F2O5S2. The van der Waals surface area contributed by atoms with Gasteiger partial charge in [0, 0.05) is 25.7 Å². The van der Waals surface area contributed by atoms with Gasteiger partial charge < -0.3 is 4.74 Å². The Balaban J connectivity index is 0.000000197. The Hall–Kier alpha value is -3.14. The summed E-state index contributed by atoms with van der Waals surface area (Å²) in [5.74, 6) is -0.971. The molecule has 0 fully saturated rings. The van der Waals surface area contributed by atoms with Crippen LogP contribution in [0.1, 0.15) is 6.92 Å². The number of thiophene rings is 1. The molecule has 4 aromatic rings. The van der Waals surface area contributed by atoms with Gasteiger partial charge in [-0.15, -0.1) is 11.3 Å². The zero-order valence-corrected chi connectivity index (χ0v) is 19.2. The van der Waals surface area contributed by atoms with E-state index in [1.165, 1.54) is 38.2 Å². The van der Waals surface area contributed by atoms with Gasteiger partial charge in [-0.3, -0.25) is 0 Å². The Bertz CT molecular complexity index is 1380. The molecule has 1 heterocycles. The van der Waals surface area contributed by atoms with E-state index in [4.69, 9.17) is 0 Å². The molecule has 0 radical (unpaired) electrons. The molecule has 172 valence electrons. The van der Waals surface area contributed by atoms with Crippen molar-refractivity contribution in [3.8, 4) is 11.1 Å². The summed E-state index contributed by atoms with van der Waals surface area (Å²) in [5, 5.41) is 2.75. The van der Waals surface area contributed by atoms with Gasteiger partial charge in [0.15, 0.2) is 0 Å². The van der Waals surface area contributed by atoms with Gasteiger partial charge in [0.2, 0.25) is 0 Å². The first kappa shape index (κ1) is 24.5. The second-order valence-electron chi connectivity index (χ2n) is 6.99. The molecule has 9 heteroatoms. The maximum Gasteiger partial charge on any atom is 0.333 e. The lowest BCUT2D eigenvalue weighted by molar-refractivity contribution is -0.139. The van der Waals surface area contributed by atoms with E-state index < -0.39 is 28.2 Å². The van der Waals surface area contributed by atoms with Crippen molar-refractivity contribution in [3.05, 3.63) is 84.9 Å². The SMILES string of the molecule is C=C(C)C(=O)OCC(F)S(=O)(=O)OF.c1ccc(-c2cccc3sc4ccccc4c23)cc1. The lowest BCUT2D eigenvalue weighted by Gasteiger charge is -2.06. The quantitative estimate of drug-likeness (QED) is 0.233. The first-order chi connectivity index (χ1) is 15.7. The summed E-state index contributed by atoms with van der Waals surface area (Å²) < 4.78 is 53.6. The van der Waals surface area contributed by atoms with Crippen LogP contribution in [0.25, 0.3) is 31.3 Å². The second kappa shape index (κ2) is 10.7. The lowest BCUT2D eigenvalue weighted by Crippen LogP contribution is -2.24. The molecule has 0 saturated heterocycles. The molecule has 1 unspecified atom stereocenters. The fourth-order valence-electron chi connectivity index (χ4n) is 3.02. The van der Waals surface area contributed by atoms with Crippen LogP contribution in [0.15, 0.2) is 84.9 Å². The molecule has 0 aliphatic heterocycles. The number of hydrogen-bond donors (Lipinski definition) is 0. The van der Waals surface area contributed by atoms with Gasteiger partial charge in [-0.05, 0) is 34.7 Å². The fourth-order valence-corrected chi connectivity index (χ4v) is 4.47. The van der Waals surface area contributed by atoms with E-state index in [1.807, 2.05) is 11.3 Å². The Morgan fingerprint density at radius 3 is 2.30 bits per heavy atom. The van der Waals surface area contributed by atoms with Crippen LogP contribution < -0.4 is 0 Å². The normalized spacial score (nSPS) is 12.1. The van der Waals surface area contributed by atoms with Gasteiger partial charge in [0.05, 0.1) is 0 Å². The van der Waals surface area contributed by atoms with Crippen LogP contribution in [0.5, 0.6) is 0 Å².